The summed E-state index contributed by atoms with van der Waals surface area (Å²) in [6.07, 6.45) is 2.22. The monoisotopic (exact) mass is 265 g/mol. The molecule has 1 saturated heterocycles. The first-order valence-electron chi connectivity index (χ1n) is 6.87. The van der Waals surface area contributed by atoms with Gasteiger partial charge in [0, 0.05) is 31.4 Å². The average molecular weight is 265 g/mol. The molecule has 1 aliphatic rings. The van der Waals surface area contributed by atoms with Crippen molar-refractivity contribution >= 4 is 0 Å². The van der Waals surface area contributed by atoms with Gasteiger partial charge in [-0.3, -0.25) is 0 Å². The van der Waals surface area contributed by atoms with Gasteiger partial charge < -0.3 is 19.9 Å². The van der Waals surface area contributed by atoms with E-state index in [-0.39, 0.29) is 0 Å². The van der Waals surface area contributed by atoms with Crippen molar-refractivity contribution in [3.63, 3.8) is 0 Å². The van der Waals surface area contributed by atoms with E-state index >= 15 is 0 Å². The first kappa shape index (κ1) is 14.2. The van der Waals surface area contributed by atoms with Crippen LogP contribution in [0.5, 0.6) is 11.5 Å². The van der Waals surface area contributed by atoms with Crippen molar-refractivity contribution in [3.05, 3.63) is 23.8 Å². The molecule has 0 bridgehead atoms. The summed E-state index contributed by atoms with van der Waals surface area (Å²) in [5, 5.41) is 13.3. The van der Waals surface area contributed by atoms with Crippen molar-refractivity contribution in [2.24, 2.45) is 5.92 Å². The zero-order valence-electron chi connectivity index (χ0n) is 11.7. The second-order valence-electron chi connectivity index (χ2n) is 5.11. The molecule has 0 radical (unpaired) electrons. The quantitative estimate of drug-likeness (QED) is 0.857. The largest absolute Gasteiger partial charge is 0.508 e. The van der Waals surface area contributed by atoms with Gasteiger partial charge in [-0.2, -0.15) is 0 Å². The topological polar surface area (TPSA) is 50.7 Å². The van der Waals surface area contributed by atoms with Crippen LogP contribution in [0.4, 0.5) is 0 Å². The second-order valence-corrected chi connectivity index (χ2v) is 5.11. The number of phenols is 1. The maximum Gasteiger partial charge on any atom is 0.120 e. The van der Waals surface area contributed by atoms with Crippen LogP contribution in [0.15, 0.2) is 18.2 Å². The number of hydrogen-bond acceptors (Lipinski definition) is 4. The minimum absolute atomic E-state index is 0.312. The lowest BCUT2D eigenvalue weighted by atomic mass is 9.93. The van der Waals surface area contributed by atoms with Crippen LogP contribution in [0, 0.1) is 5.92 Å². The van der Waals surface area contributed by atoms with Gasteiger partial charge in [0.05, 0.1) is 7.11 Å². The Labute approximate surface area is 114 Å². The van der Waals surface area contributed by atoms with Crippen LogP contribution in [0.25, 0.3) is 0 Å². The van der Waals surface area contributed by atoms with E-state index in [1.807, 2.05) is 6.07 Å². The SMILES string of the molecule is COc1ccc(O)c(CNC(C)C2CCOCC2)c1. The average Bonchev–Trinajstić information content (AvgIpc) is 2.47. The van der Waals surface area contributed by atoms with Gasteiger partial charge in [-0.25, -0.2) is 0 Å². The standard InChI is InChI=1S/C15H23NO3/c1-11(12-5-7-19-8-6-12)16-10-13-9-14(18-2)3-4-15(13)17/h3-4,9,11-12,16-17H,5-8,10H2,1-2H3. The lowest BCUT2D eigenvalue weighted by molar-refractivity contribution is 0.0557. The summed E-state index contributed by atoms with van der Waals surface area (Å²) in [6.45, 7) is 4.58. The summed E-state index contributed by atoms with van der Waals surface area (Å²) in [6, 6.07) is 5.74. The molecule has 0 aliphatic carbocycles. The lowest BCUT2D eigenvalue weighted by Gasteiger charge is -2.28. The molecule has 1 fully saturated rings. The van der Waals surface area contributed by atoms with Crippen LogP contribution >= 0.6 is 0 Å². The number of rotatable bonds is 5. The molecule has 0 saturated carbocycles. The summed E-state index contributed by atoms with van der Waals surface area (Å²) >= 11 is 0. The number of nitrogens with one attached hydrogen (secondary N) is 1. The first-order chi connectivity index (χ1) is 9.20. The normalized spacial score (nSPS) is 18.2. The predicted octanol–water partition coefficient (Wildman–Crippen LogP) is 2.31. The lowest BCUT2D eigenvalue weighted by Crippen LogP contribution is -2.36. The smallest absolute Gasteiger partial charge is 0.120 e. The second kappa shape index (κ2) is 6.78. The highest BCUT2D eigenvalue weighted by Crippen LogP contribution is 2.24. The number of methoxy groups -OCH3 is 1. The molecule has 1 aliphatic heterocycles. The Bertz CT molecular complexity index is 402. The third-order valence-electron chi connectivity index (χ3n) is 3.87. The molecule has 1 heterocycles. The van der Waals surface area contributed by atoms with E-state index in [9.17, 15) is 5.11 Å². The van der Waals surface area contributed by atoms with Gasteiger partial charge >= 0.3 is 0 Å². The molecule has 0 amide bonds. The van der Waals surface area contributed by atoms with Crippen LogP contribution in [0.1, 0.15) is 25.3 Å². The minimum atomic E-state index is 0.312. The fraction of sp³-hybridized carbons (Fsp3) is 0.600. The first-order valence-corrected chi connectivity index (χ1v) is 6.87. The minimum Gasteiger partial charge on any atom is -0.508 e. The number of benzene rings is 1. The van der Waals surface area contributed by atoms with E-state index in [0.29, 0.717) is 24.3 Å². The van der Waals surface area contributed by atoms with Gasteiger partial charge in [-0.1, -0.05) is 0 Å². The van der Waals surface area contributed by atoms with Crippen LogP contribution < -0.4 is 10.1 Å². The fourth-order valence-electron chi connectivity index (χ4n) is 2.48. The van der Waals surface area contributed by atoms with Crippen molar-refractivity contribution < 1.29 is 14.6 Å². The Hall–Kier alpha value is -1.26. The molecule has 2 rings (SSSR count). The maximum atomic E-state index is 9.84. The van der Waals surface area contributed by atoms with E-state index < -0.39 is 0 Å². The van der Waals surface area contributed by atoms with Crippen molar-refractivity contribution in [1.29, 1.82) is 0 Å². The molecule has 2 N–H and O–H groups in total. The van der Waals surface area contributed by atoms with E-state index in [1.165, 1.54) is 0 Å². The van der Waals surface area contributed by atoms with Gasteiger partial charge in [0.1, 0.15) is 11.5 Å². The third-order valence-corrected chi connectivity index (χ3v) is 3.87. The van der Waals surface area contributed by atoms with Crippen LogP contribution in [-0.2, 0) is 11.3 Å². The van der Waals surface area contributed by atoms with Crippen molar-refractivity contribution in [1.82, 2.24) is 5.32 Å². The zero-order valence-corrected chi connectivity index (χ0v) is 11.7. The molecule has 0 aromatic heterocycles. The van der Waals surface area contributed by atoms with Gasteiger partial charge in [-0.15, -0.1) is 0 Å². The molecule has 106 valence electrons. The molecular weight excluding hydrogens is 242 g/mol. The van der Waals surface area contributed by atoms with Crippen molar-refractivity contribution in [2.75, 3.05) is 20.3 Å². The molecule has 0 spiro atoms. The number of ether oxygens (including phenoxy) is 2. The molecule has 4 nitrogen and oxygen atoms in total. The zero-order chi connectivity index (χ0) is 13.7. The fourth-order valence-corrected chi connectivity index (χ4v) is 2.48. The van der Waals surface area contributed by atoms with E-state index in [1.54, 1.807) is 19.2 Å². The molecular formula is C15H23NO3. The highest BCUT2D eigenvalue weighted by Gasteiger charge is 2.20. The number of hydrogen-bond donors (Lipinski definition) is 2. The Kier molecular flexibility index (Phi) is 5.05. The van der Waals surface area contributed by atoms with E-state index in [4.69, 9.17) is 9.47 Å². The van der Waals surface area contributed by atoms with Gasteiger partial charge in [0.25, 0.3) is 0 Å². The number of phenolic OH excluding ortho intramolecular Hbond substituents is 1. The Morgan fingerprint density at radius 3 is 2.84 bits per heavy atom. The van der Waals surface area contributed by atoms with Gasteiger partial charge in [0.15, 0.2) is 0 Å². The summed E-state index contributed by atoms with van der Waals surface area (Å²) in [7, 11) is 1.63. The van der Waals surface area contributed by atoms with E-state index in [2.05, 4.69) is 12.2 Å². The number of aromatic hydroxyl groups is 1. The highest BCUT2D eigenvalue weighted by molar-refractivity contribution is 5.39. The molecule has 1 unspecified atom stereocenters. The Morgan fingerprint density at radius 1 is 1.42 bits per heavy atom. The maximum absolute atomic E-state index is 9.84. The summed E-state index contributed by atoms with van der Waals surface area (Å²) < 4.78 is 10.6. The Balaban J connectivity index is 1.90. The van der Waals surface area contributed by atoms with Gasteiger partial charge in [-0.05, 0) is 43.9 Å². The molecule has 1 atom stereocenters. The summed E-state index contributed by atoms with van der Waals surface area (Å²) in [5.74, 6) is 1.74. The molecule has 1 aromatic rings. The summed E-state index contributed by atoms with van der Waals surface area (Å²) in [4.78, 5) is 0. The van der Waals surface area contributed by atoms with Crippen molar-refractivity contribution in [3.8, 4) is 11.5 Å². The van der Waals surface area contributed by atoms with Crippen LogP contribution in [-0.4, -0.2) is 31.5 Å². The van der Waals surface area contributed by atoms with Gasteiger partial charge in [0.2, 0.25) is 0 Å². The highest BCUT2D eigenvalue weighted by atomic mass is 16.5. The third kappa shape index (κ3) is 3.85. The predicted molar refractivity (Wildman–Crippen MR) is 74.5 cm³/mol. The Morgan fingerprint density at radius 2 is 2.16 bits per heavy atom. The van der Waals surface area contributed by atoms with E-state index in [0.717, 1.165) is 37.4 Å². The molecule has 1 aromatic carbocycles. The molecule has 4 heteroatoms. The molecule has 19 heavy (non-hydrogen) atoms. The van der Waals surface area contributed by atoms with Crippen molar-refractivity contribution in [2.45, 2.75) is 32.4 Å². The summed E-state index contributed by atoms with van der Waals surface area (Å²) in [5.41, 5.74) is 0.873. The van der Waals surface area contributed by atoms with Crippen LogP contribution in [0.3, 0.4) is 0 Å². The van der Waals surface area contributed by atoms with Crippen LogP contribution in [0.2, 0.25) is 0 Å².